The van der Waals surface area contributed by atoms with E-state index >= 15 is 0 Å². The molecule has 0 radical (unpaired) electrons. The largest absolute Gasteiger partial charge is 0.481 e. The van der Waals surface area contributed by atoms with Crippen LogP contribution in [0.2, 0.25) is 0 Å². The van der Waals surface area contributed by atoms with Crippen LogP contribution in [0.3, 0.4) is 0 Å². The highest BCUT2D eigenvalue weighted by atomic mass is 16.4. The number of rotatable bonds is 11. The molecule has 0 bridgehead atoms. The minimum atomic E-state index is -0.682. The minimum absolute atomic E-state index is 0.184. The van der Waals surface area contributed by atoms with E-state index in [1.807, 2.05) is 0 Å². The smallest absolute Gasteiger partial charge is 0.303 e. The second-order valence-electron chi connectivity index (χ2n) is 4.49. The topological polar surface area (TPSA) is 81.0 Å². The zero-order chi connectivity index (χ0) is 14.9. The summed E-state index contributed by atoms with van der Waals surface area (Å²) in [6.07, 6.45) is 5.58. The first-order chi connectivity index (χ1) is 9.12. The van der Waals surface area contributed by atoms with E-state index in [1.54, 1.807) is 0 Å². The summed E-state index contributed by atoms with van der Waals surface area (Å²) >= 11 is 0. The lowest BCUT2D eigenvalue weighted by Gasteiger charge is -2.19. The highest BCUT2D eigenvalue weighted by molar-refractivity contribution is 5.66. The molecule has 0 fully saturated rings. The van der Waals surface area contributed by atoms with E-state index in [9.17, 15) is 4.79 Å². The van der Waals surface area contributed by atoms with Gasteiger partial charge in [0.1, 0.15) is 0 Å². The Labute approximate surface area is 117 Å². The van der Waals surface area contributed by atoms with Crippen molar-refractivity contribution >= 4 is 5.97 Å². The summed E-state index contributed by atoms with van der Waals surface area (Å²) in [7, 11) is 0. The third kappa shape index (κ3) is 19.9. The van der Waals surface area contributed by atoms with E-state index in [0.29, 0.717) is 19.5 Å². The fraction of sp³-hybridized carbons (Fsp3) is 0.929. The van der Waals surface area contributed by atoms with Crippen molar-refractivity contribution < 1.29 is 20.1 Å². The van der Waals surface area contributed by atoms with Crippen LogP contribution in [0, 0.1) is 0 Å². The molecule has 0 aliphatic rings. The summed E-state index contributed by atoms with van der Waals surface area (Å²) in [4.78, 5) is 11.9. The maximum atomic E-state index is 9.87. The first-order valence-corrected chi connectivity index (χ1v) is 7.28. The lowest BCUT2D eigenvalue weighted by Crippen LogP contribution is -2.30. The van der Waals surface area contributed by atoms with Gasteiger partial charge in [0.05, 0.1) is 13.2 Å². The number of carboxylic acids is 1. The quantitative estimate of drug-likeness (QED) is 0.501. The molecule has 5 nitrogen and oxygen atoms in total. The molecule has 0 aromatic carbocycles. The molecule has 0 spiro atoms. The summed E-state index contributed by atoms with van der Waals surface area (Å²) in [6, 6.07) is 0. The van der Waals surface area contributed by atoms with Gasteiger partial charge in [0.15, 0.2) is 0 Å². The molecule has 0 atom stereocenters. The van der Waals surface area contributed by atoms with Crippen molar-refractivity contribution in [2.24, 2.45) is 0 Å². The molecule has 0 amide bonds. The van der Waals surface area contributed by atoms with Crippen LogP contribution in [0.25, 0.3) is 0 Å². The molecule has 0 saturated carbocycles. The Morgan fingerprint density at radius 3 is 1.79 bits per heavy atom. The van der Waals surface area contributed by atoms with Crippen molar-refractivity contribution in [1.29, 1.82) is 0 Å². The molecule has 5 heteroatoms. The minimum Gasteiger partial charge on any atom is -0.481 e. The zero-order valence-corrected chi connectivity index (χ0v) is 12.5. The van der Waals surface area contributed by atoms with Gasteiger partial charge in [-0.2, -0.15) is 0 Å². The Hall–Kier alpha value is -0.650. The van der Waals surface area contributed by atoms with Gasteiger partial charge in [-0.15, -0.1) is 0 Å². The summed E-state index contributed by atoms with van der Waals surface area (Å²) < 4.78 is 0. The molecule has 0 aromatic rings. The fourth-order valence-corrected chi connectivity index (χ4v) is 1.53. The van der Waals surface area contributed by atoms with Crippen molar-refractivity contribution in [2.45, 2.75) is 52.4 Å². The van der Waals surface area contributed by atoms with E-state index in [4.69, 9.17) is 15.3 Å². The van der Waals surface area contributed by atoms with Crippen LogP contribution in [0.5, 0.6) is 0 Å². The van der Waals surface area contributed by atoms with Gasteiger partial charge < -0.3 is 15.3 Å². The third-order valence-electron chi connectivity index (χ3n) is 2.65. The first kappa shape index (κ1) is 20.7. The van der Waals surface area contributed by atoms with Crippen molar-refractivity contribution in [3.05, 3.63) is 0 Å². The highest BCUT2D eigenvalue weighted by Crippen LogP contribution is 1.97. The van der Waals surface area contributed by atoms with Crippen LogP contribution in [-0.4, -0.2) is 59.0 Å². The number of hydrogen-bond acceptors (Lipinski definition) is 4. The van der Waals surface area contributed by atoms with Crippen molar-refractivity contribution in [2.75, 3.05) is 32.8 Å². The van der Waals surface area contributed by atoms with E-state index < -0.39 is 5.97 Å². The molecule has 0 saturated heterocycles. The molecule has 116 valence electrons. The lowest BCUT2D eigenvalue weighted by atomic mass is 10.2. The van der Waals surface area contributed by atoms with Gasteiger partial charge in [0.25, 0.3) is 0 Å². The molecule has 0 aromatic heterocycles. The summed E-state index contributed by atoms with van der Waals surface area (Å²) in [5.41, 5.74) is 0. The average molecular weight is 277 g/mol. The normalized spacial score (nSPS) is 10.2. The van der Waals surface area contributed by atoms with Gasteiger partial charge in [0.2, 0.25) is 0 Å². The van der Waals surface area contributed by atoms with Crippen molar-refractivity contribution in [1.82, 2.24) is 4.90 Å². The molecular weight excluding hydrogens is 246 g/mol. The molecular formula is C14H31NO4. The number of nitrogens with zero attached hydrogens (tertiary/aromatic N) is 1. The van der Waals surface area contributed by atoms with Gasteiger partial charge in [-0.1, -0.05) is 33.1 Å². The van der Waals surface area contributed by atoms with Crippen LogP contribution in [-0.2, 0) is 4.79 Å². The van der Waals surface area contributed by atoms with Gasteiger partial charge in [-0.3, -0.25) is 9.69 Å². The highest BCUT2D eigenvalue weighted by Gasteiger charge is 2.00. The number of carboxylic acid groups (broad SMARTS) is 1. The Balaban J connectivity index is 0. The summed E-state index contributed by atoms with van der Waals surface area (Å²) in [5, 5.41) is 25.4. The molecule has 0 aliphatic heterocycles. The van der Waals surface area contributed by atoms with Gasteiger partial charge in [-0.05, 0) is 19.4 Å². The molecule has 3 N–H and O–H groups in total. The maximum Gasteiger partial charge on any atom is 0.303 e. The number of aliphatic carboxylic acids is 1. The summed E-state index contributed by atoms with van der Waals surface area (Å²) in [6.45, 7) is 6.91. The third-order valence-corrected chi connectivity index (χ3v) is 2.65. The first-order valence-electron chi connectivity index (χ1n) is 7.28. The number of aliphatic hydroxyl groups is 2. The average Bonchev–Trinajstić information content (AvgIpc) is 2.37. The Morgan fingerprint density at radius 2 is 1.42 bits per heavy atom. The predicted molar refractivity (Wildman–Crippen MR) is 77.3 cm³/mol. The van der Waals surface area contributed by atoms with Gasteiger partial charge in [-0.25, -0.2) is 0 Å². The van der Waals surface area contributed by atoms with Crippen LogP contribution in [0.15, 0.2) is 0 Å². The monoisotopic (exact) mass is 277 g/mol. The van der Waals surface area contributed by atoms with Crippen LogP contribution >= 0.6 is 0 Å². The lowest BCUT2D eigenvalue weighted by molar-refractivity contribution is -0.137. The SMILES string of the molecule is CCCCCC(=O)O.CCCCN(CCO)CCO. The van der Waals surface area contributed by atoms with Crippen LogP contribution < -0.4 is 0 Å². The molecule has 0 heterocycles. The van der Waals surface area contributed by atoms with E-state index in [-0.39, 0.29) is 13.2 Å². The van der Waals surface area contributed by atoms with Crippen LogP contribution in [0.1, 0.15) is 52.4 Å². The van der Waals surface area contributed by atoms with E-state index in [0.717, 1.165) is 38.6 Å². The van der Waals surface area contributed by atoms with Gasteiger partial charge in [0, 0.05) is 19.5 Å². The number of hydrogen-bond donors (Lipinski definition) is 3. The number of aliphatic hydroxyl groups excluding tert-OH is 2. The van der Waals surface area contributed by atoms with E-state index in [2.05, 4.69) is 18.7 Å². The molecule has 19 heavy (non-hydrogen) atoms. The Bertz CT molecular complexity index is 182. The fourth-order valence-electron chi connectivity index (χ4n) is 1.53. The van der Waals surface area contributed by atoms with Crippen LogP contribution in [0.4, 0.5) is 0 Å². The second-order valence-corrected chi connectivity index (χ2v) is 4.49. The number of carbonyl (C=O) groups is 1. The second kappa shape index (κ2) is 17.4. The maximum absolute atomic E-state index is 9.87. The van der Waals surface area contributed by atoms with E-state index in [1.165, 1.54) is 0 Å². The number of unbranched alkanes of at least 4 members (excludes halogenated alkanes) is 3. The van der Waals surface area contributed by atoms with Crippen molar-refractivity contribution in [3.63, 3.8) is 0 Å². The Kier molecular flexibility index (Phi) is 18.9. The predicted octanol–water partition coefficient (Wildman–Crippen LogP) is 1.72. The molecule has 0 rings (SSSR count). The van der Waals surface area contributed by atoms with Gasteiger partial charge >= 0.3 is 5.97 Å². The summed E-state index contributed by atoms with van der Waals surface area (Å²) in [5.74, 6) is -0.682. The molecule has 0 unspecified atom stereocenters. The van der Waals surface area contributed by atoms with Crippen molar-refractivity contribution in [3.8, 4) is 0 Å². The molecule has 0 aliphatic carbocycles. The standard InChI is InChI=1S/C8H19NO2.C6H12O2/c1-2-3-4-9(5-7-10)6-8-11;1-2-3-4-5-6(7)8/h10-11H,2-8H2,1H3;2-5H2,1H3,(H,7,8). The zero-order valence-electron chi connectivity index (χ0n) is 12.5. The Morgan fingerprint density at radius 1 is 0.895 bits per heavy atom.